The molecule has 0 bridgehead atoms. The fraction of sp³-hybridized carbons (Fsp3) is 0.923. The molecule has 0 aromatic heterocycles. The molecule has 3 fully saturated rings. The molecule has 7 heteroatoms. The zero-order valence-electron chi connectivity index (χ0n) is 22.1. The Kier molecular flexibility index (Phi) is 11.4. The molecule has 6 unspecified atom stereocenters. The first-order valence-electron chi connectivity index (χ1n) is 12.9. The third-order valence-corrected chi connectivity index (χ3v) is 10.7. The Morgan fingerprint density at radius 2 is 1.79 bits per heavy atom. The third kappa shape index (κ3) is 6.65. The van der Waals surface area contributed by atoms with Crippen molar-refractivity contribution >= 4 is 7.82 Å². The van der Waals surface area contributed by atoms with Gasteiger partial charge >= 0.3 is 59.1 Å². The van der Waals surface area contributed by atoms with Gasteiger partial charge in [0.2, 0.25) is 0 Å². The second-order valence-corrected chi connectivity index (χ2v) is 13.3. The molecule has 178 valence electrons. The van der Waals surface area contributed by atoms with Gasteiger partial charge in [-0.2, -0.15) is 0 Å². The number of fused-ring (bicyclic) bond motifs is 5. The topological polar surface area (TPSA) is 72.4 Å². The molecule has 0 N–H and O–H groups in total. The SMILES string of the molecule is CC(C)CCCC[C@H]1CCC2C3CC=C4CC(OP(=O)([O-])[O-])CCC4(C)C3CCC21C.[Na+].[Na+]. The maximum absolute atomic E-state index is 11.1. The second-order valence-electron chi connectivity index (χ2n) is 12.2. The number of hydrogen-bond donors (Lipinski definition) is 0. The second kappa shape index (κ2) is 12.1. The summed E-state index contributed by atoms with van der Waals surface area (Å²) in [7, 11) is -4.91. The molecular formula is C26H43Na2O4P. The summed E-state index contributed by atoms with van der Waals surface area (Å²) in [5.41, 5.74) is 2.04. The van der Waals surface area contributed by atoms with Crippen molar-refractivity contribution in [1.29, 1.82) is 0 Å². The molecular weight excluding hydrogens is 453 g/mol. The molecule has 0 heterocycles. The number of hydrogen-bond acceptors (Lipinski definition) is 4. The van der Waals surface area contributed by atoms with Crippen LogP contribution in [0.15, 0.2) is 11.6 Å². The van der Waals surface area contributed by atoms with Gasteiger partial charge in [0, 0.05) is 0 Å². The molecule has 4 rings (SSSR count). The number of rotatable bonds is 7. The first-order chi connectivity index (χ1) is 14.5. The Balaban J connectivity index is 0.00000193. The first kappa shape index (κ1) is 31.1. The molecule has 3 saturated carbocycles. The summed E-state index contributed by atoms with van der Waals surface area (Å²) in [5, 5.41) is 0. The molecule has 0 aliphatic heterocycles. The van der Waals surface area contributed by atoms with Gasteiger partial charge in [-0.15, -0.1) is 0 Å². The zero-order chi connectivity index (χ0) is 22.4. The summed E-state index contributed by atoms with van der Waals surface area (Å²) in [6.45, 7) is 9.69. The minimum absolute atomic E-state index is 0. The van der Waals surface area contributed by atoms with E-state index in [1.807, 2.05) is 0 Å². The van der Waals surface area contributed by atoms with Gasteiger partial charge in [-0.25, -0.2) is 0 Å². The van der Waals surface area contributed by atoms with Gasteiger partial charge in [-0.05, 0) is 98.2 Å². The average molecular weight is 497 g/mol. The standard InChI is InChI=1S/C26H45O4P.2Na/c1-18(2)7-5-6-8-19-10-12-23-22-11-9-20-17-21(30-31(27,28)29)13-15-26(20,4)24(22)14-16-25(19,23)3;;/h9,18-19,21-24H,5-8,10-17H2,1-4H3,(H2,27,28,29);;/q;2*+1/p-2/t19-,21?,22?,23?,24?,25?,26?;;/m0../s1. The average Bonchev–Trinajstić information content (AvgIpc) is 3.00. The molecule has 0 spiro atoms. The van der Waals surface area contributed by atoms with Crippen LogP contribution in [0.4, 0.5) is 0 Å². The summed E-state index contributed by atoms with van der Waals surface area (Å²) in [6, 6.07) is 0. The Hall–Kier alpha value is 1.85. The summed E-state index contributed by atoms with van der Waals surface area (Å²) >= 11 is 0. The number of unbranched alkanes of at least 4 members (excludes halogenated alkanes) is 1. The van der Waals surface area contributed by atoms with Crippen molar-refractivity contribution in [1.82, 2.24) is 0 Å². The molecule has 7 atom stereocenters. The maximum atomic E-state index is 11.1. The smallest absolute Gasteiger partial charge is 0.790 e. The Morgan fingerprint density at radius 1 is 1.06 bits per heavy atom. The van der Waals surface area contributed by atoms with Crippen LogP contribution in [-0.2, 0) is 9.09 Å². The Morgan fingerprint density at radius 3 is 2.45 bits per heavy atom. The number of allylic oxidation sites excluding steroid dienone is 1. The van der Waals surface area contributed by atoms with E-state index in [9.17, 15) is 14.4 Å². The van der Waals surface area contributed by atoms with Gasteiger partial charge in [-0.3, -0.25) is 0 Å². The van der Waals surface area contributed by atoms with Crippen LogP contribution in [0, 0.1) is 40.4 Å². The van der Waals surface area contributed by atoms with Crippen molar-refractivity contribution < 1.29 is 78.0 Å². The molecule has 4 aliphatic carbocycles. The van der Waals surface area contributed by atoms with Crippen LogP contribution in [0.5, 0.6) is 0 Å². The predicted molar refractivity (Wildman–Crippen MR) is 121 cm³/mol. The summed E-state index contributed by atoms with van der Waals surface area (Å²) < 4.78 is 16.0. The van der Waals surface area contributed by atoms with Gasteiger partial charge in [-0.1, -0.05) is 58.6 Å². The summed E-state index contributed by atoms with van der Waals surface area (Å²) in [6.07, 6.45) is 16.4. The molecule has 4 nitrogen and oxygen atoms in total. The molecule has 0 amide bonds. The maximum Gasteiger partial charge on any atom is 1.00 e. The first-order valence-corrected chi connectivity index (χ1v) is 14.4. The normalized spacial score (nSPS) is 40.1. The summed E-state index contributed by atoms with van der Waals surface area (Å²) in [4.78, 5) is 22.2. The van der Waals surface area contributed by atoms with Crippen LogP contribution in [0.25, 0.3) is 0 Å². The van der Waals surface area contributed by atoms with E-state index in [2.05, 4.69) is 33.8 Å². The fourth-order valence-electron chi connectivity index (χ4n) is 8.43. The van der Waals surface area contributed by atoms with E-state index in [0.717, 1.165) is 36.5 Å². The van der Waals surface area contributed by atoms with E-state index < -0.39 is 13.9 Å². The molecule has 0 radical (unpaired) electrons. The predicted octanol–water partition coefficient (Wildman–Crippen LogP) is 0.00370. The Labute approximate surface area is 246 Å². The molecule has 33 heavy (non-hydrogen) atoms. The van der Waals surface area contributed by atoms with Gasteiger partial charge in [0.25, 0.3) is 0 Å². The fourth-order valence-corrected chi connectivity index (χ4v) is 8.97. The van der Waals surface area contributed by atoms with Crippen LogP contribution in [0.2, 0.25) is 0 Å². The van der Waals surface area contributed by atoms with Gasteiger partial charge in [0.15, 0.2) is 0 Å². The van der Waals surface area contributed by atoms with E-state index in [-0.39, 0.29) is 64.5 Å². The van der Waals surface area contributed by atoms with Crippen LogP contribution in [-0.4, -0.2) is 6.10 Å². The van der Waals surface area contributed by atoms with Crippen LogP contribution >= 0.6 is 7.82 Å². The minimum Gasteiger partial charge on any atom is -0.790 e. The largest absolute Gasteiger partial charge is 1.00 e. The van der Waals surface area contributed by atoms with Crippen molar-refractivity contribution in [3.63, 3.8) is 0 Å². The number of phosphoric ester groups is 1. The molecule has 0 aromatic carbocycles. The van der Waals surface area contributed by atoms with E-state index >= 15 is 0 Å². The van der Waals surface area contributed by atoms with Gasteiger partial charge in [0.05, 0.1) is 13.9 Å². The van der Waals surface area contributed by atoms with E-state index in [1.165, 1.54) is 56.9 Å². The van der Waals surface area contributed by atoms with Crippen LogP contribution in [0.3, 0.4) is 0 Å². The van der Waals surface area contributed by atoms with Crippen molar-refractivity contribution in [2.75, 3.05) is 0 Å². The Bertz CT molecular complexity index is 738. The minimum atomic E-state index is -4.91. The van der Waals surface area contributed by atoms with Gasteiger partial charge in [0.1, 0.15) is 0 Å². The molecule has 0 aromatic rings. The van der Waals surface area contributed by atoms with Crippen molar-refractivity contribution in [2.24, 2.45) is 40.4 Å². The quantitative estimate of drug-likeness (QED) is 0.215. The van der Waals surface area contributed by atoms with Crippen molar-refractivity contribution in [3.05, 3.63) is 11.6 Å². The van der Waals surface area contributed by atoms with Crippen molar-refractivity contribution in [2.45, 2.75) is 111 Å². The van der Waals surface area contributed by atoms with E-state index in [0.29, 0.717) is 24.2 Å². The van der Waals surface area contributed by atoms with Gasteiger partial charge < -0.3 is 18.9 Å². The van der Waals surface area contributed by atoms with Crippen LogP contribution in [0.1, 0.15) is 105 Å². The molecule has 0 saturated heterocycles. The zero-order valence-corrected chi connectivity index (χ0v) is 27.0. The molecule has 4 aliphatic rings. The van der Waals surface area contributed by atoms with Crippen LogP contribution < -0.4 is 68.9 Å². The van der Waals surface area contributed by atoms with E-state index in [1.54, 1.807) is 0 Å². The summed E-state index contributed by atoms with van der Waals surface area (Å²) in [5.74, 6) is 4.04. The third-order valence-electron chi connectivity index (χ3n) is 10.1. The van der Waals surface area contributed by atoms with Crippen molar-refractivity contribution in [3.8, 4) is 0 Å². The number of phosphoric acid groups is 1. The van der Waals surface area contributed by atoms with E-state index in [4.69, 9.17) is 4.52 Å². The monoisotopic (exact) mass is 496 g/mol.